The third-order valence-electron chi connectivity index (χ3n) is 5.12. The van der Waals surface area contributed by atoms with E-state index in [1.165, 1.54) is 29.7 Å². The summed E-state index contributed by atoms with van der Waals surface area (Å²) in [5.74, 6) is -0.291. The van der Waals surface area contributed by atoms with Crippen molar-refractivity contribution in [2.45, 2.75) is 39.2 Å². The van der Waals surface area contributed by atoms with Crippen molar-refractivity contribution in [1.82, 2.24) is 0 Å². The van der Waals surface area contributed by atoms with Crippen molar-refractivity contribution < 1.29 is 19.1 Å². The number of phenols is 1. The summed E-state index contributed by atoms with van der Waals surface area (Å²) in [6.45, 7) is 1.65. The van der Waals surface area contributed by atoms with Crippen LogP contribution in [0.2, 0.25) is 0 Å². The third kappa shape index (κ3) is 3.45. The van der Waals surface area contributed by atoms with E-state index in [4.69, 9.17) is 9.15 Å². The zero-order valence-corrected chi connectivity index (χ0v) is 15.1. The molecule has 1 aliphatic carbocycles. The van der Waals surface area contributed by atoms with Gasteiger partial charge in [0.2, 0.25) is 0 Å². The van der Waals surface area contributed by atoms with Gasteiger partial charge in [0.15, 0.2) is 0 Å². The van der Waals surface area contributed by atoms with E-state index < -0.39 is 5.63 Å². The van der Waals surface area contributed by atoms with E-state index in [2.05, 4.69) is 12.1 Å². The molecule has 0 aliphatic heterocycles. The van der Waals surface area contributed by atoms with Crippen molar-refractivity contribution in [3.05, 3.63) is 74.6 Å². The van der Waals surface area contributed by atoms with E-state index in [9.17, 15) is 14.7 Å². The van der Waals surface area contributed by atoms with Crippen LogP contribution < -0.4 is 5.63 Å². The first-order valence-electron chi connectivity index (χ1n) is 9.03. The van der Waals surface area contributed by atoms with Crippen molar-refractivity contribution in [2.75, 3.05) is 0 Å². The molecule has 0 bridgehead atoms. The lowest BCUT2D eigenvalue weighted by molar-refractivity contribution is -0.144. The zero-order chi connectivity index (χ0) is 19.0. The topological polar surface area (TPSA) is 76.7 Å². The normalized spacial score (nSPS) is 12.9. The maximum atomic E-state index is 12.3. The number of esters is 1. The number of aryl methyl sites for hydroxylation is 3. The molecule has 0 spiro atoms. The first-order chi connectivity index (χ1) is 13.0. The highest BCUT2D eigenvalue weighted by molar-refractivity contribution is 5.85. The largest absolute Gasteiger partial charge is 0.508 e. The van der Waals surface area contributed by atoms with Crippen LogP contribution in [0.3, 0.4) is 0 Å². The predicted molar refractivity (Wildman–Crippen MR) is 101 cm³/mol. The summed E-state index contributed by atoms with van der Waals surface area (Å²) in [6, 6.07) is 10.7. The first kappa shape index (κ1) is 17.3. The molecule has 1 aliphatic rings. The van der Waals surface area contributed by atoms with Crippen LogP contribution in [0.25, 0.3) is 11.0 Å². The summed E-state index contributed by atoms with van der Waals surface area (Å²) >= 11 is 0. The van der Waals surface area contributed by atoms with E-state index >= 15 is 0 Å². The van der Waals surface area contributed by atoms with Crippen LogP contribution >= 0.6 is 0 Å². The summed E-state index contributed by atoms with van der Waals surface area (Å²) in [5, 5.41) is 10.4. The Labute approximate surface area is 156 Å². The summed E-state index contributed by atoms with van der Waals surface area (Å²) in [4.78, 5) is 24.1. The van der Waals surface area contributed by atoms with Gasteiger partial charge >= 0.3 is 11.6 Å². The van der Waals surface area contributed by atoms with E-state index in [-0.39, 0.29) is 24.7 Å². The molecule has 0 radical (unpaired) electrons. The predicted octanol–water partition coefficient (Wildman–Crippen LogP) is 3.58. The summed E-state index contributed by atoms with van der Waals surface area (Å²) in [7, 11) is 0. The van der Waals surface area contributed by atoms with E-state index in [0.29, 0.717) is 22.1 Å². The maximum absolute atomic E-state index is 12.3. The highest BCUT2D eigenvalue weighted by Crippen LogP contribution is 2.28. The molecule has 2 aromatic carbocycles. The standard InChI is InChI=1S/C22H20O5/c1-13-19(23)8-7-18-17(11-21(25)27-22(13)18)12-26-20(24)10-14-5-6-15-3-2-4-16(15)9-14/h5-9,11,23H,2-4,10,12H2,1H3. The fraction of sp³-hybridized carbons (Fsp3) is 0.273. The Balaban J connectivity index is 1.51. The van der Waals surface area contributed by atoms with Gasteiger partial charge in [-0.25, -0.2) is 4.79 Å². The van der Waals surface area contributed by atoms with Crippen LogP contribution in [0.5, 0.6) is 5.75 Å². The summed E-state index contributed by atoms with van der Waals surface area (Å²) in [6.07, 6.45) is 3.54. The SMILES string of the molecule is Cc1c(O)ccc2c(COC(=O)Cc3ccc4c(c3)CCC4)cc(=O)oc12. The van der Waals surface area contributed by atoms with Crippen molar-refractivity contribution in [2.24, 2.45) is 0 Å². The number of fused-ring (bicyclic) bond motifs is 2. The Hall–Kier alpha value is -3.08. The molecule has 0 saturated carbocycles. The molecule has 0 saturated heterocycles. The molecular weight excluding hydrogens is 344 g/mol. The quantitative estimate of drug-likeness (QED) is 0.566. The Morgan fingerprint density at radius 3 is 2.81 bits per heavy atom. The molecule has 1 aromatic heterocycles. The van der Waals surface area contributed by atoms with Crippen LogP contribution in [-0.2, 0) is 35.4 Å². The first-order valence-corrected chi connectivity index (χ1v) is 9.03. The fourth-order valence-electron chi connectivity index (χ4n) is 3.65. The van der Waals surface area contributed by atoms with Gasteiger partial charge in [0, 0.05) is 22.6 Å². The minimum Gasteiger partial charge on any atom is -0.508 e. The average molecular weight is 364 g/mol. The zero-order valence-electron chi connectivity index (χ0n) is 15.1. The molecule has 27 heavy (non-hydrogen) atoms. The minimum atomic E-state index is -0.541. The lowest BCUT2D eigenvalue weighted by atomic mass is 10.0. The van der Waals surface area contributed by atoms with Crippen LogP contribution in [0, 0.1) is 6.92 Å². The van der Waals surface area contributed by atoms with Gasteiger partial charge < -0.3 is 14.3 Å². The van der Waals surface area contributed by atoms with Gasteiger partial charge in [0.1, 0.15) is 17.9 Å². The second-order valence-electron chi connectivity index (χ2n) is 6.97. The second kappa shape index (κ2) is 6.91. The molecule has 4 rings (SSSR count). The molecule has 0 fully saturated rings. The molecular formula is C22H20O5. The highest BCUT2D eigenvalue weighted by atomic mass is 16.5. The van der Waals surface area contributed by atoms with Gasteiger partial charge in [-0.05, 0) is 55.0 Å². The van der Waals surface area contributed by atoms with Crippen molar-refractivity contribution in [1.29, 1.82) is 0 Å². The maximum Gasteiger partial charge on any atom is 0.336 e. The number of carbonyl (C=O) groups is 1. The monoisotopic (exact) mass is 364 g/mol. The van der Waals surface area contributed by atoms with Crippen molar-refractivity contribution in [3.63, 3.8) is 0 Å². The van der Waals surface area contributed by atoms with Crippen molar-refractivity contribution in [3.8, 4) is 5.75 Å². The Bertz CT molecular complexity index is 1090. The fourth-order valence-corrected chi connectivity index (χ4v) is 3.65. The molecule has 5 heteroatoms. The lowest BCUT2D eigenvalue weighted by Gasteiger charge is -2.10. The van der Waals surface area contributed by atoms with Gasteiger partial charge in [0.05, 0.1) is 6.42 Å². The van der Waals surface area contributed by atoms with Gasteiger partial charge in [-0.2, -0.15) is 0 Å². The number of phenolic OH excluding ortho intramolecular Hbond substituents is 1. The third-order valence-corrected chi connectivity index (χ3v) is 5.12. The molecule has 1 N–H and O–H groups in total. The lowest BCUT2D eigenvalue weighted by Crippen LogP contribution is -2.10. The number of hydrogen-bond donors (Lipinski definition) is 1. The number of ether oxygens (including phenoxy) is 1. The molecule has 0 unspecified atom stereocenters. The Morgan fingerprint density at radius 2 is 1.96 bits per heavy atom. The number of benzene rings is 2. The number of hydrogen-bond acceptors (Lipinski definition) is 5. The van der Waals surface area contributed by atoms with Crippen LogP contribution in [0.1, 0.15) is 34.2 Å². The molecule has 0 amide bonds. The summed E-state index contributed by atoms with van der Waals surface area (Å²) < 4.78 is 10.6. The van der Waals surface area contributed by atoms with Gasteiger partial charge in [0.25, 0.3) is 0 Å². The molecule has 5 nitrogen and oxygen atoms in total. The highest BCUT2D eigenvalue weighted by Gasteiger charge is 2.15. The summed E-state index contributed by atoms with van der Waals surface area (Å²) in [5.41, 5.74) is 4.45. The van der Waals surface area contributed by atoms with Gasteiger partial charge in [-0.15, -0.1) is 0 Å². The van der Waals surface area contributed by atoms with Crippen molar-refractivity contribution >= 4 is 16.9 Å². The average Bonchev–Trinajstić information content (AvgIpc) is 3.11. The number of carbonyl (C=O) groups excluding carboxylic acids is 1. The number of rotatable bonds is 4. The molecule has 138 valence electrons. The van der Waals surface area contributed by atoms with Gasteiger partial charge in [-0.1, -0.05) is 18.2 Å². The molecule has 0 atom stereocenters. The Kier molecular flexibility index (Phi) is 4.44. The van der Waals surface area contributed by atoms with Crippen LogP contribution in [-0.4, -0.2) is 11.1 Å². The Morgan fingerprint density at radius 1 is 1.15 bits per heavy atom. The smallest absolute Gasteiger partial charge is 0.336 e. The van der Waals surface area contributed by atoms with Gasteiger partial charge in [-0.3, -0.25) is 4.79 Å². The molecule has 3 aromatic rings. The van der Waals surface area contributed by atoms with E-state index in [1.54, 1.807) is 13.0 Å². The minimum absolute atomic E-state index is 0.0178. The van der Waals surface area contributed by atoms with Crippen LogP contribution in [0.4, 0.5) is 0 Å². The van der Waals surface area contributed by atoms with Crippen LogP contribution in [0.15, 0.2) is 45.6 Å². The van der Waals surface area contributed by atoms with E-state index in [0.717, 1.165) is 18.4 Å². The van der Waals surface area contributed by atoms with E-state index in [1.807, 2.05) is 6.07 Å². The number of aromatic hydroxyl groups is 1. The second-order valence-corrected chi connectivity index (χ2v) is 6.97. The molecule has 1 heterocycles.